The summed E-state index contributed by atoms with van der Waals surface area (Å²) in [6.07, 6.45) is 0. The number of nitrogens with two attached hydrogens (primary N) is 1. The SMILES string of the molecule is Nc1cc(I)cc(CO)c1. The summed E-state index contributed by atoms with van der Waals surface area (Å²) in [6, 6.07) is 5.53. The van der Waals surface area contributed by atoms with Crippen molar-refractivity contribution in [3.05, 3.63) is 27.3 Å². The van der Waals surface area contributed by atoms with Crippen LogP contribution in [-0.4, -0.2) is 5.11 Å². The van der Waals surface area contributed by atoms with Crippen molar-refractivity contribution in [2.24, 2.45) is 0 Å². The van der Waals surface area contributed by atoms with Crippen molar-refractivity contribution in [3.8, 4) is 0 Å². The highest BCUT2D eigenvalue weighted by Crippen LogP contribution is 2.13. The summed E-state index contributed by atoms with van der Waals surface area (Å²) >= 11 is 2.16. The zero-order valence-corrected chi connectivity index (χ0v) is 7.50. The smallest absolute Gasteiger partial charge is 0.0682 e. The zero-order valence-electron chi connectivity index (χ0n) is 5.34. The zero-order chi connectivity index (χ0) is 7.56. The van der Waals surface area contributed by atoms with Crippen molar-refractivity contribution in [2.45, 2.75) is 6.61 Å². The Morgan fingerprint density at radius 1 is 1.40 bits per heavy atom. The molecule has 0 fully saturated rings. The average molecular weight is 249 g/mol. The lowest BCUT2D eigenvalue weighted by Crippen LogP contribution is -1.89. The molecule has 0 atom stereocenters. The summed E-state index contributed by atoms with van der Waals surface area (Å²) in [5, 5.41) is 8.73. The largest absolute Gasteiger partial charge is 0.399 e. The summed E-state index contributed by atoms with van der Waals surface area (Å²) in [7, 11) is 0. The maximum absolute atomic E-state index is 8.73. The number of benzene rings is 1. The van der Waals surface area contributed by atoms with Gasteiger partial charge in [-0.15, -0.1) is 0 Å². The molecule has 3 N–H and O–H groups in total. The van der Waals surface area contributed by atoms with Gasteiger partial charge in [0.2, 0.25) is 0 Å². The summed E-state index contributed by atoms with van der Waals surface area (Å²) < 4.78 is 1.06. The van der Waals surface area contributed by atoms with Gasteiger partial charge in [-0.2, -0.15) is 0 Å². The predicted octanol–water partition coefficient (Wildman–Crippen LogP) is 1.37. The van der Waals surface area contributed by atoms with Crippen LogP contribution in [-0.2, 0) is 6.61 Å². The van der Waals surface area contributed by atoms with E-state index >= 15 is 0 Å². The quantitative estimate of drug-likeness (QED) is 0.583. The van der Waals surface area contributed by atoms with Crippen LogP contribution < -0.4 is 5.73 Å². The number of hydrogen-bond donors (Lipinski definition) is 2. The Hall–Kier alpha value is -0.290. The Kier molecular flexibility index (Phi) is 2.50. The van der Waals surface area contributed by atoms with Gasteiger partial charge in [0.25, 0.3) is 0 Å². The molecule has 0 spiro atoms. The molecule has 54 valence electrons. The lowest BCUT2D eigenvalue weighted by molar-refractivity contribution is 0.282. The molecule has 0 saturated carbocycles. The molecule has 0 aliphatic carbocycles. The van der Waals surface area contributed by atoms with Crippen molar-refractivity contribution in [1.82, 2.24) is 0 Å². The molecule has 1 rings (SSSR count). The van der Waals surface area contributed by atoms with Gasteiger partial charge in [0.1, 0.15) is 0 Å². The Labute approximate surface area is 73.2 Å². The Morgan fingerprint density at radius 2 is 2.10 bits per heavy atom. The van der Waals surface area contributed by atoms with Gasteiger partial charge in [-0.1, -0.05) is 0 Å². The second-order valence-corrected chi connectivity index (χ2v) is 3.30. The van der Waals surface area contributed by atoms with E-state index in [4.69, 9.17) is 10.8 Å². The normalized spacial score (nSPS) is 9.80. The summed E-state index contributed by atoms with van der Waals surface area (Å²) in [4.78, 5) is 0. The van der Waals surface area contributed by atoms with E-state index in [-0.39, 0.29) is 6.61 Å². The fourth-order valence-electron chi connectivity index (χ4n) is 0.767. The minimum absolute atomic E-state index is 0.0566. The summed E-state index contributed by atoms with van der Waals surface area (Å²) in [5.41, 5.74) is 7.09. The van der Waals surface area contributed by atoms with E-state index in [2.05, 4.69) is 22.6 Å². The van der Waals surface area contributed by atoms with Gasteiger partial charge in [-0.05, 0) is 46.4 Å². The third-order valence-corrected chi connectivity index (χ3v) is 1.79. The number of nitrogen functional groups attached to an aromatic ring is 1. The van der Waals surface area contributed by atoms with Gasteiger partial charge in [-0.25, -0.2) is 0 Å². The van der Waals surface area contributed by atoms with Crippen LogP contribution in [0.5, 0.6) is 0 Å². The highest BCUT2D eigenvalue weighted by atomic mass is 127. The molecule has 0 amide bonds. The van der Waals surface area contributed by atoms with E-state index in [1.165, 1.54) is 0 Å². The molecule has 1 aromatic carbocycles. The lowest BCUT2D eigenvalue weighted by Gasteiger charge is -1.98. The predicted molar refractivity (Wildman–Crippen MR) is 49.5 cm³/mol. The maximum Gasteiger partial charge on any atom is 0.0682 e. The van der Waals surface area contributed by atoms with Crippen LogP contribution in [0.15, 0.2) is 18.2 Å². The van der Waals surface area contributed by atoms with Gasteiger partial charge in [0.15, 0.2) is 0 Å². The van der Waals surface area contributed by atoms with E-state index < -0.39 is 0 Å². The molecule has 0 bridgehead atoms. The number of hydrogen-bond acceptors (Lipinski definition) is 2. The van der Waals surface area contributed by atoms with Crippen LogP contribution in [0.2, 0.25) is 0 Å². The first kappa shape index (κ1) is 7.81. The van der Waals surface area contributed by atoms with Crippen LogP contribution in [0.25, 0.3) is 0 Å². The van der Waals surface area contributed by atoms with Crippen LogP contribution in [0.1, 0.15) is 5.56 Å². The molecular formula is C7H8INO. The van der Waals surface area contributed by atoms with Gasteiger partial charge >= 0.3 is 0 Å². The van der Waals surface area contributed by atoms with Crippen molar-refractivity contribution in [1.29, 1.82) is 0 Å². The Bertz CT molecular complexity index is 217. The molecule has 0 aliphatic heterocycles. The first-order chi connectivity index (χ1) is 4.72. The molecule has 0 aromatic heterocycles. The number of aliphatic hydroxyl groups is 1. The monoisotopic (exact) mass is 249 g/mol. The minimum Gasteiger partial charge on any atom is -0.399 e. The average Bonchev–Trinajstić information content (AvgIpc) is 1.85. The standard InChI is InChI=1S/C7H8INO/c8-6-1-5(4-10)2-7(9)3-6/h1-3,10H,4,9H2. The van der Waals surface area contributed by atoms with Gasteiger partial charge in [0, 0.05) is 9.26 Å². The van der Waals surface area contributed by atoms with Crippen LogP contribution >= 0.6 is 22.6 Å². The summed E-state index contributed by atoms with van der Waals surface area (Å²) in [6.45, 7) is 0.0566. The number of halogens is 1. The van der Waals surface area contributed by atoms with E-state index in [1.54, 1.807) is 6.07 Å². The van der Waals surface area contributed by atoms with Gasteiger partial charge in [0.05, 0.1) is 6.61 Å². The van der Waals surface area contributed by atoms with Crippen LogP contribution in [0, 0.1) is 3.57 Å². The van der Waals surface area contributed by atoms with E-state index in [9.17, 15) is 0 Å². The number of aliphatic hydroxyl groups excluding tert-OH is 1. The molecule has 3 heteroatoms. The molecule has 0 saturated heterocycles. The molecule has 0 heterocycles. The fourth-order valence-corrected chi connectivity index (χ4v) is 1.53. The fraction of sp³-hybridized carbons (Fsp3) is 0.143. The third-order valence-electron chi connectivity index (χ3n) is 1.16. The van der Waals surface area contributed by atoms with Crippen molar-refractivity contribution in [2.75, 3.05) is 5.73 Å². The lowest BCUT2D eigenvalue weighted by atomic mass is 10.2. The van der Waals surface area contributed by atoms with E-state index in [1.807, 2.05) is 12.1 Å². The van der Waals surface area contributed by atoms with Crippen molar-refractivity contribution in [3.63, 3.8) is 0 Å². The van der Waals surface area contributed by atoms with E-state index in [0.717, 1.165) is 9.13 Å². The van der Waals surface area contributed by atoms with Gasteiger partial charge < -0.3 is 10.8 Å². The second kappa shape index (κ2) is 3.21. The highest BCUT2D eigenvalue weighted by Gasteiger charge is 1.93. The first-order valence-electron chi connectivity index (χ1n) is 2.88. The topological polar surface area (TPSA) is 46.2 Å². The summed E-state index contributed by atoms with van der Waals surface area (Å²) in [5.74, 6) is 0. The molecule has 2 nitrogen and oxygen atoms in total. The third kappa shape index (κ3) is 1.85. The van der Waals surface area contributed by atoms with Crippen molar-refractivity contribution >= 4 is 28.3 Å². The molecule has 0 aliphatic rings. The Balaban J connectivity index is 3.06. The molecule has 0 unspecified atom stereocenters. The molecular weight excluding hydrogens is 241 g/mol. The maximum atomic E-state index is 8.73. The van der Waals surface area contributed by atoms with Crippen LogP contribution in [0.4, 0.5) is 5.69 Å². The minimum atomic E-state index is 0.0566. The first-order valence-corrected chi connectivity index (χ1v) is 3.96. The molecule has 0 radical (unpaired) electrons. The van der Waals surface area contributed by atoms with Crippen LogP contribution in [0.3, 0.4) is 0 Å². The van der Waals surface area contributed by atoms with Gasteiger partial charge in [-0.3, -0.25) is 0 Å². The molecule has 1 aromatic rings. The highest BCUT2D eigenvalue weighted by molar-refractivity contribution is 14.1. The Morgan fingerprint density at radius 3 is 2.60 bits per heavy atom. The second-order valence-electron chi connectivity index (χ2n) is 2.05. The van der Waals surface area contributed by atoms with Crippen molar-refractivity contribution < 1.29 is 5.11 Å². The number of rotatable bonds is 1. The van der Waals surface area contributed by atoms with E-state index in [0.29, 0.717) is 5.69 Å². The molecule has 10 heavy (non-hydrogen) atoms. The number of anilines is 1.